The molecule has 3 heterocycles. The van der Waals surface area contributed by atoms with Crippen LogP contribution < -0.4 is 4.90 Å². The summed E-state index contributed by atoms with van der Waals surface area (Å²) in [6, 6.07) is 5.94. The molecule has 1 unspecified atom stereocenters. The van der Waals surface area contributed by atoms with E-state index in [0.717, 1.165) is 39.6 Å². The number of fused-ring (bicyclic) bond motifs is 1. The minimum atomic E-state index is -0.470. The molecular weight excluding hydrogens is 459 g/mol. The first-order valence-electron chi connectivity index (χ1n) is 9.41. The normalized spacial score (nSPS) is 22.4. The fraction of sp³-hybridized carbons (Fsp3) is 0.526. The number of aromatic amines is 1. The van der Waals surface area contributed by atoms with Gasteiger partial charge in [0.15, 0.2) is 0 Å². The molecule has 0 aliphatic carbocycles. The molecule has 1 atom stereocenters. The van der Waals surface area contributed by atoms with Gasteiger partial charge in [-0.25, -0.2) is 4.79 Å². The number of ether oxygens (including phenoxy) is 1. The monoisotopic (exact) mass is 482 g/mol. The minimum absolute atomic E-state index is 0.115. The Morgan fingerprint density at radius 1 is 1.37 bits per heavy atom. The molecule has 2 aliphatic heterocycles. The van der Waals surface area contributed by atoms with Crippen LogP contribution in [0.15, 0.2) is 18.2 Å². The number of halogens is 1. The Hall–Kier alpha value is -1.84. The third-order valence-corrected chi connectivity index (χ3v) is 6.48. The average Bonchev–Trinajstić information content (AvgIpc) is 3.35. The molecule has 1 N–H and O–H groups in total. The third-order valence-electron chi connectivity index (χ3n) is 5.66. The molecule has 1 aromatic heterocycles. The van der Waals surface area contributed by atoms with Gasteiger partial charge in [-0.1, -0.05) is 13.3 Å². The van der Waals surface area contributed by atoms with Gasteiger partial charge in [-0.2, -0.15) is 5.10 Å². The molecule has 144 valence electrons. The summed E-state index contributed by atoms with van der Waals surface area (Å²) in [6.45, 7) is 4.23. The number of likely N-dealkylation sites (tertiary alicyclic amines) is 1. The Kier molecular flexibility index (Phi) is 5.00. The zero-order valence-electron chi connectivity index (χ0n) is 15.3. The van der Waals surface area contributed by atoms with Crippen LogP contribution in [0.5, 0.6) is 0 Å². The van der Waals surface area contributed by atoms with Crippen LogP contribution in [0.3, 0.4) is 0 Å². The van der Waals surface area contributed by atoms with E-state index in [-0.39, 0.29) is 12.0 Å². The van der Waals surface area contributed by atoms with Crippen molar-refractivity contribution in [2.24, 2.45) is 5.41 Å². The summed E-state index contributed by atoms with van der Waals surface area (Å²) in [4.78, 5) is 29.0. The molecule has 1 spiro atoms. The van der Waals surface area contributed by atoms with Gasteiger partial charge in [0.1, 0.15) is 3.70 Å². The lowest BCUT2D eigenvalue weighted by atomic mass is 9.85. The van der Waals surface area contributed by atoms with E-state index < -0.39 is 5.41 Å². The minimum Gasteiger partial charge on any atom is -0.449 e. The van der Waals surface area contributed by atoms with E-state index in [2.05, 4.69) is 39.7 Å². The number of carbonyl (C=O) groups excluding carboxylic acids is 2. The fourth-order valence-electron chi connectivity index (χ4n) is 4.01. The number of rotatable bonds is 4. The molecule has 0 bridgehead atoms. The SMILES string of the molecule is CCCCOC(=O)N1CCC2(CCN(c3ccc4[nH]nc(I)c4c3)C2=O)C1. The Bertz CT molecular complexity index is 883. The lowest BCUT2D eigenvalue weighted by Gasteiger charge is -2.23. The number of nitrogens with zero attached hydrogens (tertiary/aromatic N) is 3. The summed E-state index contributed by atoms with van der Waals surface area (Å²) in [5.41, 5.74) is 1.39. The number of carbonyl (C=O) groups is 2. The largest absolute Gasteiger partial charge is 0.449 e. The van der Waals surface area contributed by atoms with Crippen molar-refractivity contribution in [2.45, 2.75) is 32.6 Å². The second-order valence-corrected chi connectivity index (χ2v) is 8.39. The molecule has 4 rings (SSSR count). The highest BCUT2D eigenvalue weighted by molar-refractivity contribution is 14.1. The van der Waals surface area contributed by atoms with Crippen molar-refractivity contribution in [3.63, 3.8) is 0 Å². The van der Waals surface area contributed by atoms with E-state index in [9.17, 15) is 9.59 Å². The van der Waals surface area contributed by atoms with Gasteiger partial charge < -0.3 is 14.5 Å². The number of benzene rings is 1. The lowest BCUT2D eigenvalue weighted by Crippen LogP contribution is -2.38. The van der Waals surface area contributed by atoms with E-state index >= 15 is 0 Å². The predicted octanol–water partition coefficient (Wildman–Crippen LogP) is 3.53. The maximum absolute atomic E-state index is 13.2. The van der Waals surface area contributed by atoms with Crippen molar-refractivity contribution < 1.29 is 14.3 Å². The van der Waals surface area contributed by atoms with E-state index in [1.54, 1.807) is 4.90 Å². The first-order chi connectivity index (χ1) is 13.0. The van der Waals surface area contributed by atoms with Gasteiger partial charge in [0.2, 0.25) is 5.91 Å². The van der Waals surface area contributed by atoms with Crippen molar-refractivity contribution >= 4 is 51.2 Å². The second kappa shape index (κ2) is 7.29. The molecule has 2 fully saturated rings. The Balaban J connectivity index is 1.48. The maximum Gasteiger partial charge on any atom is 0.409 e. The number of amides is 2. The quantitative estimate of drug-likeness (QED) is 0.535. The van der Waals surface area contributed by atoms with Crippen LogP contribution >= 0.6 is 22.6 Å². The van der Waals surface area contributed by atoms with Crippen LogP contribution in [-0.2, 0) is 9.53 Å². The van der Waals surface area contributed by atoms with Gasteiger partial charge in [-0.05, 0) is 60.1 Å². The number of unbranched alkanes of at least 4 members (excludes halogenated alkanes) is 1. The van der Waals surface area contributed by atoms with Gasteiger partial charge in [-0.3, -0.25) is 9.89 Å². The highest BCUT2D eigenvalue weighted by Crippen LogP contribution is 2.43. The molecule has 2 amide bonds. The van der Waals surface area contributed by atoms with E-state index in [4.69, 9.17) is 4.74 Å². The Morgan fingerprint density at radius 3 is 3.00 bits per heavy atom. The summed E-state index contributed by atoms with van der Waals surface area (Å²) in [5.74, 6) is 0.115. The maximum atomic E-state index is 13.2. The van der Waals surface area contributed by atoms with Crippen molar-refractivity contribution in [3.05, 3.63) is 21.9 Å². The number of H-pyrrole nitrogens is 1. The van der Waals surface area contributed by atoms with Crippen LogP contribution in [0.25, 0.3) is 10.9 Å². The van der Waals surface area contributed by atoms with Gasteiger partial charge in [0, 0.05) is 30.7 Å². The molecule has 0 radical (unpaired) electrons. The summed E-state index contributed by atoms with van der Waals surface area (Å²) in [6.07, 6.45) is 3.04. The topological polar surface area (TPSA) is 78.5 Å². The summed E-state index contributed by atoms with van der Waals surface area (Å²) >= 11 is 2.19. The van der Waals surface area contributed by atoms with Crippen LogP contribution in [0.1, 0.15) is 32.6 Å². The number of aromatic nitrogens is 2. The fourth-order valence-corrected chi connectivity index (χ4v) is 4.57. The first kappa shape index (κ1) is 18.5. The van der Waals surface area contributed by atoms with Gasteiger partial charge in [0.05, 0.1) is 17.5 Å². The number of hydrogen-bond acceptors (Lipinski definition) is 4. The van der Waals surface area contributed by atoms with E-state index in [1.807, 2.05) is 23.1 Å². The molecule has 27 heavy (non-hydrogen) atoms. The number of anilines is 1. The molecular formula is C19H23IN4O3. The lowest BCUT2D eigenvalue weighted by molar-refractivity contribution is -0.124. The van der Waals surface area contributed by atoms with E-state index in [1.165, 1.54) is 0 Å². The number of nitrogens with one attached hydrogen (secondary N) is 1. The molecule has 2 aromatic rings. The standard InChI is InChI=1S/C19H23IN4O3/c1-2-3-10-27-18(26)23-8-6-19(12-23)7-9-24(17(19)25)13-4-5-15-14(11-13)16(20)22-21-15/h4-5,11H,2-3,6-10,12H2,1H3,(H,21,22). The third kappa shape index (κ3) is 3.28. The van der Waals surface area contributed by atoms with Gasteiger partial charge in [0.25, 0.3) is 0 Å². The van der Waals surface area contributed by atoms with Crippen LogP contribution in [0.2, 0.25) is 0 Å². The molecule has 1 aromatic carbocycles. The smallest absolute Gasteiger partial charge is 0.409 e. The average molecular weight is 482 g/mol. The molecule has 2 aliphatic rings. The van der Waals surface area contributed by atoms with Crippen molar-refractivity contribution in [1.82, 2.24) is 15.1 Å². The summed E-state index contributed by atoms with van der Waals surface area (Å²) in [7, 11) is 0. The highest BCUT2D eigenvalue weighted by atomic mass is 127. The molecule has 7 nitrogen and oxygen atoms in total. The predicted molar refractivity (Wildman–Crippen MR) is 111 cm³/mol. The van der Waals surface area contributed by atoms with Gasteiger partial charge >= 0.3 is 6.09 Å². The van der Waals surface area contributed by atoms with Crippen LogP contribution in [0, 0.1) is 9.12 Å². The molecule has 0 saturated carbocycles. The molecule has 8 heteroatoms. The second-order valence-electron chi connectivity index (χ2n) is 7.37. The summed E-state index contributed by atoms with van der Waals surface area (Å²) in [5, 5.41) is 8.22. The van der Waals surface area contributed by atoms with Crippen molar-refractivity contribution in [2.75, 3.05) is 31.1 Å². The van der Waals surface area contributed by atoms with Crippen molar-refractivity contribution in [1.29, 1.82) is 0 Å². The molecule has 2 saturated heterocycles. The van der Waals surface area contributed by atoms with Crippen molar-refractivity contribution in [3.8, 4) is 0 Å². The zero-order chi connectivity index (χ0) is 19.0. The van der Waals surface area contributed by atoms with Gasteiger partial charge in [-0.15, -0.1) is 0 Å². The Morgan fingerprint density at radius 2 is 2.19 bits per heavy atom. The summed E-state index contributed by atoms with van der Waals surface area (Å²) < 4.78 is 6.22. The zero-order valence-corrected chi connectivity index (χ0v) is 17.5. The first-order valence-corrected chi connectivity index (χ1v) is 10.5. The highest BCUT2D eigenvalue weighted by Gasteiger charge is 2.52. The Labute approximate surface area is 171 Å². The van der Waals surface area contributed by atoms with E-state index in [0.29, 0.717) is 32.7 Å². The van der Waals surface area contributed by atoms with Crippen LogP contribution in [-0.4, -0.2) is 53.3 Å². The number of hydrogen-bond donors (Lipinski definition) is 1. The van der Waals surface area contributed by atoms with Crippen LogP contribution in [0.4, 0.5) is 10.5 Å².